The van der Waals surface area contributed by atoms with Crippen molar-refractivity contribution in [3.63, 3.8) is 0 Å². The molecule has 2 aromatic carbocycles. The maximum absolute atomic E-state index is 12.7. The summed E-state index contributed by atoms with van der Waals surface area (Å²) in [4.78, 5) is 26.6. The molecule has 2 aromatic rings. The summed E-state index contributed by atoms with van der Waals surface area (Å²) < 4.78 is 0. The second kappa shape index (κ2) is 8.88. The van der Waals surface area contributed by atoms with Crippen molar-refractivity contribution in [3.8, 4) is 0 Å². The first kappa shape index (κ1) is 19.3. The average Bonchev–Trinajstić information content (AvgIpc) is 2.57. The Bertz CT molecular complexity index is 778. The van der Waals surface area contributed by atoms with Gasteiger partial charge in [0.1, 0.15) is 6.54 Å². The molecule has 0 aliphatic carbocycles. The lowest BCUT2D eigenvalue weighted by atomic mass is 10.1. The predicted molar refractivity (Wildman–Crippen MR) is 102 cm³/mol. The van der Waals surface area contributed by atoms with Crippen molar-refractivity contribution in [2.24, 2.45) is 0 Å². The number of aryl methyl sites for hydroxylation is 1. The van der Waals surface area contributed by atoms with E-state index in [1.807, 2.05) is 32.0 Å². The molecule has 132 valence electrons. The molecule has 2 amide bonds. The number of halogens is 2. The molecule has 0 aromatic heterocycles. The van der Waals surface area contributed by atoms with Crippen LogP contribution in [0.2, 0.25) is 10.0 Å². The number of carbonyl (C=O) groups excluding carboxylic acids is 2. The minimum absolute atomic E-state index is 0.0521. The summed E-state index contributed by atoms with van der Waals surface area (Å²) in [5, 5.41) is 3.57. The van der Waals surface area contributed by atoms with Crippen LogP contribution >= 0.6 is 23.2 Å². The van der Waals surface area contributed by atoms with Gasteiger partial charge in [0.05, 0.1) is 10.7 Å². The van der Waals surface area contributed by atoms with Crippen molar-refractivity contribution in [2.75, 3.05) is 18.4 Å². The molecule has 1 N–H and O–H groups in total. The smallest absolute Gasteiger partial charge is 0.254 e. The maximum atomic E-state index is 12.7. The second-order valence-corrected chi connectivity index (χ2v) is 6.61. The van der Waals surface area contributed by atoms with Gasteiger partial charge >= 0.3 is 0 Å². The molecular formula is C19H20Cl2N2O2. The Hall–Kier alpha value is -2.04. The highest BCUT2D eigenvalue weighted by Gasteiger charge is 2.19. The van der Waals surface area contributed by atoms with Gasteiger partial charge in [0.15, 0.2) is 0 Å². The first-order valence-electron chi connectivity index (χ1n) is 8.01. The lowest BCUT2D eigenvalue weighted by Gasteiger charge is -2.22. The van der Waals surface area contributed by atoms with Crippen LogP contribution in [0, 0.1) is 6.92 Å². The van der Waals surface area contributed by atoms with Crippen molar-refractivity contribution in [2.45, 2.75) is 20.3 Å². The van der Waals surface area contributed by atoms with Crippen LogP contribution < -0.4 is 5.32 Å². The Balaban J connectivity index is 2.11. The Morgan fingerprint density at radius 3 is 2.56 bits per heavy atom. The minimum Gasteiger partial charge on any atom is -0.329 e. The normalized spacial score (nSPS) is 10.4. The van der Waals surface area contributed by atoms with Crippen molar-refractivity contribution >= 4 is 40.7 Å². The molecule has 0 aliphatic rings. The Morgan fingerprint density at radius 2 is 1.88 bits per heavy atom. The Kier molecular flexibility index (Phi) is 6.85. The van der Waals surface area contributed by atoms with Crippen LogP contribution in [0.25, 0.3) is 0 Å². The van der Waals surface area contributed by atoms with Crippen LogP contribution in [0.5, 0.6) is 0 Å². The molecule has 0 bridgehead atoms. The van der Waals surface area contributed by atoms with E-state index in [-0.39, 0.29) is 18.4 Å². The number of nitrogens with one attached hydrogen (secondary N) is 1. The van der Waals surface area contributed by atoms with Gasteiger partial charge < -0.3 is 10.2 Å². The van der Waals surface area contributed by atoms with Gasteiger partial charge in [0.25, 0.3) is 5.91 Å². The number of carbonyl (C=O) groups is 2. The van der Waals surface area contributed by atoms with Crippen molar-refractivity contribution in [1.29, 1.82) is 0 Å². The van der Waals surface area contributed by atoms with E-state index in [4.69, 9.17) is 23.2 Å². The largest absolute Gasteiger partial charge is 0.329 e. The van der Waals surface area contributed by atoms with Crippen molar-refractivity contribution < 1.29 is 9.59 Å². The highest BCUT2D eigenvalue weighted by atomic mass is 35.5. The summed E-state index contributed by atoms with van der Waals surface area (Å²) in [5.41, 5.74) is 2.00. The molecular weight excluding hydrogens is 359 g/mol. The standard InChI is InChI=1S/C19H20Cl2N2O2/c1-3-9-23(19(25)14-6-4-5-13(2)10-14)12-18(24)22-17-11-15(20)7-8-16(17)21/h4-8,10-11H,3,9,12H2,1-2H3,(H,22,24). The molecule has 25 heavy (non-hydrogen) atoms. The number of hydrogen-bond acceptors (Lipinski definition) is 2. The zero-order valence-corrected chi connectivity index (χ0v) is 15.7. The molecule has 6 heteroatoms. The van der Waals surface area contributed by atoms with Crippen LogP contribution in [-0.2, 0) is 4.79 Å². The third-order valence-electron chi connectivity index (χ3n) is 3.58. The van der Waals surface area contributed by atoms with Gasteiger partial charge in [0, 0.05) is 17.1 Å². The number of hydrogen-bond donors (Lipinski definition) is 1. The molecule has 4 nitrogen and oxygen atoms in total. The molecule has 0 atom stereocenters. The highest BCUT2D eigenvalue weighted by molar-refractivity contribution is 6.35. The van der Waals surface area contributed by atoms with Gasteiger partial charge in [-0.2, -0.15) is 0 Å². The van der Waals surface area contributed by atoms with Gasteiger partial charge in [-0.15, -0.1) is 0 Å². The lowest BCUT2D eigenvalue weighted by Crippen LogP contribution is -2.38. The second-order valence-electron chi connectivity index (χ2n) is 5.77. The van der Waals surface area contributed by atoms with E-state index in [1.54, 1.807) is 24.3 Å². The molecule has 0 radical (unpaired) electrons. The molecule has 0 saturated heterocycles. The number of benzene rings is 2. The van der Waals surface area contributed by atoms with Gasteiger partial charge in [-0.1, -0.05) is 47.8 Å². The van der Waals surface area contributed by atoms with Crippen LogP contribution in [0.15, 0.2) is 42.5 Å². The molecule has 0 unspecified atom stereocenters. The Labute approximate surface area is 157 Å². The third kappa shape index (κ3) is 5.48. The summed E-state index contributed by atoms with van der Waals surface area (Å²) in [6, 6.07) is 12.2. The van der Waals surface area contributed by atoms with E-state index < -0.39 is 0 Å². The Morgan fingerprint density at radius 1 is 1.12 bits per heavy atom. The fraction of sp³-hybridized carbons (Fsp3) is 0.263. The SMILES string of the molecule is CCCN(CC(=O)Nc1cc(Cl)ccc1Cl)C(=O)c1cccc(C)c1. The van der Waals surface area contributed by atoms with Gasteiger partial charge in [-0.3, -0.25) is 9.59 Å². The van der Waals surface area contributed by atoms with Crippen LogP contribution in [0.3, 0.4) is 0 Å². The third-order valence-corrected chi connectivity index (χ3v) is 4.15. The van der Waals surface area contributed by atoms with Crippen LogP contribution in [0.4, 0.5) is 5.69 Å². The van der Waals surface area contributed by atoms with Crippen molar-refractivity contribution in [1.82, 2.24) is 4.90 Å². The van der Waals surface area contributed by atoms with E-state index in [1.165, 1.54) is 4.90 Å². The summed E-state index contributed by atoms with van der Waals surface area (Å²) >= 11 is 12.0. The summed E-state index contributed by atoms with van der Waals surface area (Å²) in [6.45, 7) is 4.32. The van der Waals surface area contributed by atoms with E-state index in [0.717, 1.165) is 12.0 Å². The predicted octanol–water partition coefficient (Wildman–Crippen LogP) is 4.79. The molecule has 0 aliphatic heterocycles. The molecule has 0 fully saturated rings. The summed E-state index contributed by atoms with van der Waals surface area (Å²) in [7, 11) is 0. The van der Waals surface area contributed by atoms with E-state index in [0.29, 0.717) is 27.8 Å². The van der Waals surface area contributed by atoms with E-state index in [9.17, 15) is 9.59 Å². The number of amides is 2. The number of anilines is 1. The summed E-state index contributed by atoms with van der Waals surface area (Å²) in [5.74, 6) is -0.489. The first-order valence-corrected chi connectivity index (χ1v) is 8.77. The fourth-order valence-corrected chi connectivity index (χ4v) is 2.78. The van der Waals surface area contributed by atoms with Gasteiger partial charge in [0.2, 0.25) is 5.91 Å². The summed E-state index contributed by atoms with van der Waals surface area (Å²) in [6.07, 6.45) is 0.753. The molecule has 2 rings (SSSR count). The fourth-order valence-electron chi connectivity index (χ4n) is 2.44. The highest BCUT2D eigenvalue weighted by Crippen LogP contribution is 2.25. The van der Waals surface area contributed by atoms with E-state index in [2.05, 4.69) is 5.32 Å². The average molecular weight is 379 g/mol. The molecule has 0 spiro atoms. The maximum Gasteiger partial charge on any atom is 0.254 e. The lowest BCUT2D eigenvalue weighted by molar-refractivity contribution is -0.116. The molecule has 0 saturated carbocycles. The number of nitrogens with zero attached hydrogens (tertiary/aromatic N) is 1. The van der Waals surface area contributed by atoms with Gasteiger partial charge in [-0.25, -0.2) is 0 Å². The van der Waals surface area contributed by atoms with Crippen LogP contribution in [-0.4, -0.2) is 29.8 Å². The zero-order chi connectivity index (χ0) is 18.4. The topological polar surface area (TPSA) is 49.4 Å². The van der Waals surface area contributed by atoms with Gasteiger partial charge in [-0.05, 0) is 43.7 Å². The number of rotatable bonds is 6. The molecule has 0 heterocycles. The van der Waals surface area contributed by atoms with Crippen molar-refractivity contribution in [3.05, 3.63) is 63.6 Å². The quantitative estimate of drug-likeness (QED) is 0.784. The first-order chi connectivity index (χ1) is 11.9. The minimum atomic E-state index is -0.321. The monoisotopic (exact) mass is 378 g/mol. The zero-order valence-electron chi connectivity index (χ0n) is 14.2. The van der Waals surface area contributed by atoms with Crippen LogP contribution in [0.1, 0.15) is 29.3 Å². The van der Waals surface area contributed by atoms with E-state index >= 15 is 0 Å².